The molecule has 0 saturated heterocycles. The highest BCUT2D eigenvalue weighted by molar-refractivity contribution is 6.02. The monoisotopic (exact) mass is 1430 g/mol. The van der Waals surface area contributed by atoms with Crippen LogP contribution in [-0.2, 0) is 41.6 Å². The molecule has 0 radical (unpaired) electrons. The molecule has 3 heterocycles. The number of carbonyl (C=O) groups excluding carboxylic acids is 8. The van der Waals surface area contributed by atoms with E-state index in [0.29, 0.717) is 142 Å². The second-order valence-corrected chi connectivity index (χ2v) is 26.4. The van der Waals surface area contributed by atoms with E-state index >= 15 is 0 Å². The summed E-state index contributed by atoms with van der Waals surface area (Å²) in [6, 6.07) is 21.1. The molecule has 1 aliphatic heterocycles. The van der Waals surface area contributed by atoms with Crippen LogP contribution in [0.25, 0.3) is 11.4 Å². The molecule has 6 aromatic rings. The number of rotatable bonds is 41. The zero-order valence-corrected chi connectivity index (χ0v) is 59.5. The van der Waals surface area contributed by atoms with Crippen LogP contribution in [0.4, 0.5) is 5.69 Å². The van der Waals surface area contributed by atoms with Crippen LogP contribution in [0.5, 0.6) is 5.75 Å². The van der Waals surface area contributed by atoms with Gasteiger partial charge in [0.15, 0.2) is 5.78 Å². The third-order valence-corrected chi connectivity index (χ3v) is 18.1. The number of hydrogen-bond donors (Lipinski definition) is 10. The first-order chi connectivity index (χ1) is 49.9. The Hall–Kier alpha value is -11.2. The summed E-state index contributed by atoms with van der Waals surface area (Å²) in [5, 5.41) is 53.4. The highest BCUT2D eigenvalue weighted by atomic mass is 16.5. The van der Waals surface area contributed by atoms with Crippen molar-refractivity contribution in [2.24, 2.45) is 17.4 Å². The number of carboxylic acid groups (broad SMARTS) is 2. The molecule has 29 nitrogen and oxygen atoms in total. The topological polar surface area (TPSA) is 412 Å². The lowest BCUT2D eigenvalue weighted by Gasteiger charge is -2.36. The molecule has 5 atom stereocenters. The van der Waals surface area contributed by atoms with Crippen LogP contribution in [0.3, 0.4) is 0 Å². The van der Waals surface area contributed by atoms with Crippen LogP contribution >= 0.6 is 0 Å². The number of ketones is 1. The number of hydrogen-bond acceptors (Lipinski definition) is 17. The van der Waals surface area contributed by atoms with Crippen molar-refractivity contribution in [3.63, 3.8) is 0 Å². The van der Waals surface area contributed by atoms with Crippen molar-refractivity contribution in [3.05, 3.63) is 166 Å². The number of allylic oxidation sites excluding steroid dienone is 3. The molecular weight excluding hydrogens is 1330 g/mol. The third kappa shape index (κ3) is 23.1. The molecule has 12 N–H and O–H groups in total. The van der Waals surface area contributed by atoms with E-state index in [1.165, 1.54) is 13.0 Å². The second-order valence-electron chi connectivity index (χ2n) is 26.4. The summed E-state index contributed by atoms with van der Waals surface area (Å²) in [5.41, 5.74) is 18.3. The molecule has 7 amide bonds. The van der Waals surface area contributed by atoms with Crippen molar-refractivity contribution in [2.45, 2.75) is 147 Å². The molecule has 0 spiro atoms. The van der Waals surface area contributed by atoms with Gasteiger partial charge in [0.2, 0.25) is 35.2 Å². The van der Waals surface area contributed by atoms with Crippen LogP contribution in [0.15, 0.2) is 121 Å². The van der Waals surface area contributed by atoms with E-state index in [4.69, 9.17) is 21.3 Å². The average molecular weight is 1430 g/mol. The number of aliphatic carboxylic acids is 1. The molecule has 0 fully saturated rings. The van der Waals surface area contributed by atoms with Gasteiger partial charge in [0.05, 0.1) is 40.7 Å². The van der Waals surface area contributed by atoms with Gasteiger partial charge in [0.25, 0.3) is 11.8 Å². The fourth-order valence-electron chi connectivity index (χ4n) is 12.1. The van der Waals surface area contributed by atoms with Gasteiger partial charge in [-0.3, -0.25) is 43.2 Å². The molecule has 0 saturated carbocycles. The maximum atomic E-state index is 14.1. The molecule has 104 heavy (non-hydrogen) atoms. The lowest BCUT2D eigenvalue weighted by molar-refractivity contribution is -0.462. The molecule has 552 valence electrons. The number of unbranched alkanes of at least 4 members (excludes halogenated alkanes) is 4. The summed E-state index contributed by atoms with van der Waals surface area (Å²) in [6.07, 6.45) is 16.2. The zero-order chi connectivity index (χ0) is 74.8. The number of nitrogens with one attached hydrogen (secondary N) is 6. The van der Waals surface area contributed by atoms with Gasteiger partial charge in [0.1, 0.15) is 43.7 Å². The van der Waals surface area contributed by atoms with Crippen molar-refractivity contribution in [1.82, 2.24) is 61.9 Å². The average Bonchev–Trinajstić information content (AvgIpc) is 0.997. The number of aryl methyl sites for hydroxylation is 2. The maximum Gasteiger partial charge on any atom is 0.336 e. The maximum absolute atomic E-state index is 14.1. The smallest absolute Gasteiger partial charge is 0.336 e. The molecule has 2 aliphatic rings. The molecule has 1 aliphatic carbocycles. The Labute approximate surface area is 603 Å². The minimum Gasteiger partial charge on any atom is -0.480 e. The van der Waals surface area contributed by atoms with E-state index < -0.39 is 59.6 Å². The van der Waals surface area contributed by atoms with Crippen molar-refractivity contribution >= 4 is 70.5 Å². The lowest BCUT2D eigenvalue weighted by atomic mass is 9.74. The third-order valence-electron chi connectivity index (χ3n) is 18.1. The predicted molar refractivity (Wildman–Crippen MR) is 388 cm³/mol. The van der Waals surface area contributed by atoms with Gasteiger partial charge in [-0.1, -0.05) is 28.6 Å². The van der Waals surface area contributed by atoms with E-state index in [-0.39, 0.29) is 85.7 Å². The van der Waals surface area contributed by atoms with Crippen LogP contribution in [0.2, 0.25) is 0 Å². The normalized spacial score (nSPS) is 14.4. The number of primary amides is 1. The number of aromatic nitrogens is 6. The standard InChI is InChI=1S/C75H94N16O13/c1-47(92)48-24-29-53(30-25-48)90-45-51(84-86-90)16-15-23-67(94)79-39-13-9-21-68(95)82-63(20-8-12-41-81-72(98)50-28-35-57(60(42-50)74(100)101)69-58-36-33-55(88(2)3)43-64(58)104-65-44-56(89(4)5)34-37-59(65)69)73(99)83-62(70(77)96)19-7-11-40-80-71(97)49-26-31-54(32-27-49)91-46-52(85-87-91)17-14-22-66(93)78-38-10-6-18-61(76)75(102)103/h24-37,42-46,58,61-63,69H,6-23,38-41,76H2,1-5H3,(H9-,77,78,79,80,81,82,83,93,94,95,96,97,98,99,100,101,102,103)/p+1/t58?,61-,62-,63-,69?/m0/s1. The summed E-state index contributed by atoms with van der Waals surface area (Å²) in [4.78, 5) is 130. The van der Waals surface area contributed by atoms with Crippen molar-refractivity contribution in [2.75, 3.05) is 59.3 Å². The molecule has 29 heteroatoms. The predicted octanol–water partition coefficient (Wildman–Crippen LogP) is 5.41. The largest absolute Gasteiger partial charge is 0.480 e. The number of anilines is 1. The molecule has 2 unspecified atom stereocenters. The molecule has 2 aromatic heterocycles. The fourth-order valence-corrected chi connectivity index (χ4v) is 12.1. The SMILES string of the molecule is CC(=O)c1ccc(-n2cc(CCCC(=O)NCCCCC(=O)N[C@@H](CCCCNC(=O)c3ccc(C4c5ccc(N(C)C)cc5OC5=CC(=[N+](C)C)C=CC54)c(C(=O)O)c3)C(=O)N[C@@H](CCCCNC(=O)c3ccc(-n4cc(CCCC(=O)NCCCC[C@H](N)C(=O)O)nn4)cc3)C(N)=O)nn2)cc1. The Morgan fingerprint density at radius 2 is 1.12 bits per heavy atom. The van der Waals surface area contributed by atoms with Gasteiger partial charge in [0, 0.05) is 118 Å². The number of fused-ring (bicyclic) bond motifs is 2. The number of carbonyl (C=O) groups is 10. The van der Waals surface area contributed by atoms with Crippen LogP contribution in [0.1, 0.15) is 180 Å². The van der Waals surface area contributed by atoms with Gasteiger partial charge in [-0.25, -0.2) is 18.7 Å². The minimum atomic E-state index is -1.21. The zero-order valence-electron chi connectivity index (χ0n) is 59.5. The number of aromatic carboxylic acids is 1. The first kappa shape index (κ1) is 78.5. The van der Waals surface area contributed by atoms with Crippen LogP contribution < -0.4 is 53.0 Å². The van der Waals surface area contributed by atoms with E-state index in [1.807, 2.05) is 74.1 Å². The number of nitrogens with two attached hydrogens (primary N) is 2. The summed E-state index contributed by atoms with van der Waals surface area (Å²) in [7, 11) is 7.70. The Balaban J connectivity index is 0.810. The Morgan fingerprint density at radius 1 is 0.596 bits per heavy atom. The van der Waals surface area contributed by atoms with Gasteiger partial charge >= 0.3 is 11.9 Å². The van der Waals surface area contributed by atoms with Gasteiger partial charge in [-0.15, -0.1) is 10.2 Å². The number of Topliss-reactive ketones (excluding diaryl/α,β-unsaturated/α-hetero) is 1. The lowest BCUT2D eigenvalue weighted by Crippen LogP contribution is -2.53. The summed E-state index contributed by atoms with van der Waals surface area (Å²) in [6.45, 7) is 2.61. The minimum absolute atomic E-state index is 0.0200. The summed E-state index contributed by atoms with van der Waals surface area (Å²) >= 11 is 0. The quantitative estimate of drug-likeness (QED) is 0.0130. The number of amides is 7. The van der Waals surface area contributed by atoms with Crippen molar-refractivity contribution in [1.29, 1.82) is 0 Å². The highest BCUT2D eigenvalue weighted by Crippen LogP contribution is 2.49. The second kappa shape index (κ2) is 38.7. The fraction of sp³-hybridized carbons (Fsp3) is 0.427. The van der Waals surface area contributed by atoms with E-state index in [2.05, 4.69) is 52.5 Å². The Kier molecular flexibility index (Phi) is 29.2. The molecule has 4 aromatic carbocycles. The number of carboxylic acids is 2. The number of benzene rings is 4. The summed E-state index contributed by atoms with van der Waals surface area (Å²) < 4.78 is 11.6. The number of nitrogens with zero attached hydrogens (tertiary/aromatic N) is 8. The van der Waals surface area contributed by atoms with Gasteiger partial charge in [-0.05, 0) is 176 Å². The van der Waals surface area contributed by atoms with Crippen molar-refractivity contribution < 1.29 is 67.5 Å². The van der Waals surface area contributed by atoms with Crippen LogP contribution in [0, 0.1) is 5.92 Å². The number of ether oxygens (including phenoxy) is 1. The van der Waals surface area contributed by atoms with E-state index in [0.717, 1.165) is 22.6 Å². The van der Waals surface area contributed by atoms with Crippen LogP contribution in [-0.4, -0.2) is 182 Å². The highest BCUT2D eigenvalue weighted by Gasteiger charge is 2.39. The van der Waals surface area contributed by atoms with Gasteiger partial charge < -0.3 is 63.2 Å². The Morgan fingerprint density at radius 3 is 1.66 bits per heavy atom. The van der Waals surface area contributed by atoms with Crippen molar-refractivity contribution in [3.8, 4) is 17.1 Å². The first-order valence-electron chi connectivity index (χ1n) is 35.2. The summed E-state index contributed by atoms with van der Waals surface area (Å²) in [5.74, 6) is -4.85. The van der Waals surface area contributed by atoms with E-state index in [9.17, 15) is 53.1 Å². The van der Waals surface area contributed by atoms with Gasteiger partial charge in [-0.2, -0.15) is 0 Å². The molecular formula is C75H95N16O13+. The van der Waals surface area contributed by atoms with E-state index in [1.54, 1.807) is 82.4 Å². The molecule has 8 rings (SSSR count). The molecule has 0 bridgehead atoms. The first-order valence-corrected chi connectivity index (χ1v) is 35.2. The Bertz CT molecular complexity index is 4140.